The molecule has 0 amide bonds. The molecule has 0 N–H and O–H groups in total. The number of hydrogen-bond acceptors (Lipinski definition) is 1. The number of allylic oxidation sites excluding steroid dienone is 1. The lowest BCUT2D eigenvalue weighted by Crippen LogP contribution is -2.09. The Hall–Kier alpha value is -0.660. The summed E-state index contributed by atoms with van der Waals surface area (Å²) in [5.74, 6) is -0.426. The first-order valence-corrected chi connectivity index (χ1v) is 2.44. The molecule has 0 saturated heterocycles. The molecule has 1 atom stereocenters. The SMILES string of the molecule is C=CCC(F)C(C)=O. The van der Waals surface area contributed by atoms with Crippen molar-refractivity contribution in [2.45, 2.75) is 19.5 Å². The molecule has 1 nitrogen and oxygen atoms in total. The van der Waals surface area contributed by atoms with Crippen LogP contribution in [0.1, 0.15) is 13.3 Å². The first-order chi connectivity index (χ1) is 3.68. The summed E-state index contributed by atoms with van der Waals surface area (Å²) in [7, 11) is 0. The van der Waals surface area contributed by atoms with Crippen LogP contribution in [0.25, 0.3) is 0 Å². The van der Waals surface area contributed by atoms with Gasteiger partial charge in [-0.2, -0.15) is 0 Å². The summed E-state index contributed by atoms with van der Waals surface area (Å²) in [4.78, 5) is 10.1. The highest BCUT2D eigenvalue weighted by Crippen LogP contribution is 1.97. The van der Waals surface area contributed by atoms with Crippen LogP contribution in [0, 0.1) is 0 Å². The number of ketones is 1. The second-order valence-electron chi connectivity index (χ2n) is 1.60. The second kappa shape index (κ2) is 3.36. The van der Waals surface area contributed by atoms with Crippen LogP contribution in [0.4, 0.5) is 4.39 Å². The molecular weight excluding hydrogens is 107 g/mol. The minimum absolute atomic E-state index is 0.134. The summed E-state index contributed by atoms with van der Waals surface area (Å²) in [6.07, 6.45) is 0.189. The lowest BCUT2D eigenvalue weighted by molar-refractivity contribution is -0.121. The van der Waals surface area contributed by atoms with Gasteiger partial charge in [-0.1, -0.05) is 6.08 Å². The number of halogens is 1. The Morgan fingerprint density at radius 1 is 2.00 bits per heavy atom. The third kappa shape index (κ3) is 2.50. The lowest BCUT2D eigenvalue weighted by Gasteiger charge is -1.95. The fourth-order valence-corrected chi connectivity index (χ4v) is 0.312. The topological polar surface area (TPSA) is 17.1 Å². The van der Waals surface area contributed by atoms with E-state index in [1.165, 1.54) is 13.0 Å². The van der Waals surface area contributed by atoms with E-state index in [-0.39, 0.29) is 6.42 Å². The van der Waals surface area contributed by atoms with Gasteiger partial charge in [-0.15, -0.1) is 6.58 Å². The summed E-state index contributed by atoms with van der Waals surface area (Å²) in [5.41, 5.74) is 0. The standard InChI is InChI=1S/C6H9FO/c1-3-4-6(7)5(2)8/h3,6H,1,4H2,2H3. The second-order valence-corrected chi connectivity index (χ2v) is 1.60. The highest BCUT2D eigenvalue weighted by atomic mass is 19.1. The molecule has 8 heavy (non-hydrogen) atoms. The Kier molecular flexibility index (Phi) is 3.08. The number of rotatable bonds is 3. The fourth-order valence-electron chi connectivity index (χ4n) is 0.312. The maximum Gasteiger partial charge on any atom is 0.164 e. The summed E-state index contributed by atoms with van der Waals surface area (Å²) >= 11 is 0. The summed E-state index contributed by atoms with van der Waals surface area (Å²) in [5, 5.41) is 0. The molecule has 0 saturated carbocycles. The van der Waals surface area contributed by atoms with Gasteiger partial charge in [-0.3, -0.25) is 4.79 Å². The van der Waals surface area contributed by atoms with E-state index in [1.807, 2.05) is 0 Å². The van der Waals surface area contributed by atoms with E-state index in [0.717, 1.165) is 0 Å². The Balaban J connectivity index is 3.46. The van der Waals surface area contributed by atoms with Gasteiger partial charge in [0.2, 0.25) is 0 Å². The van der Waals surface area contributed by atoms with Crippen LogP contribution in [-0.2, 0) is 4.79 Å². The van der Waals surface area contributed by atoms with E-state index in [9.17, 15) is 9.18 Å². The third-order valence-corrected chi connectivity index (χ3v) is 0.815. The summed E-state index contributed by atoms with van der Waals surface area (Å²) in [6.45, 7) is 4.52. The van der Waals surface area contributed by atoms with Gasteiger partial charge >= 0.3 is 0 Å². The zero-order valence-corrected chi connectivity index (χ0v) is 4.86. The molecule has 0 aliphatic carbocycles. The lowest BCUT2D eigenvalue weighted by atomic mass is 10.2. The van der Waals surface area contributed by atoms with Crippen LogP contribution in [-0.4, -0.2) is 12.0 Å². The molecule has 0 aromatic rings. The van der Waals surface area contributed by atoms with Crippen LogP contribution in [0.5, 0.6) is 0 Å². The molecule has 0 aliphatic heterocycles. The first-order valence-electron chi connectivity index (χ1n) is 2.44. The molecule has 2 heteroatoms. The van der Waals surface area contributed by atoms with E-state index >= 15 is 0 Å². The van der Waals surface area contributed by atoms with E-state index in [2.05, 4.69) is 6.58 Å². The smallest absolute Gasteiger partial charge is 0.164 e. The molecule has 0 rings (SSSR count). The largest absolute Gasteiger partial charge is 0.297 e. The average Bonchev–Trinajstić information content (AvgIpc) is 1.67. The molecule has 0 aromatic heterocycles. The highest BCUT2D eigenvalue weighted by Gasteiger charge is 2.07. The monoisotopic (exact) mass is 116 g/mol. The zero-order chi connectivity index (χ0) is 6.57. The Labute approximate surface area is 48.2 Å². The van der Waals surface area contributed by atoms with Crippen LogP contribution in [0.3, 0.4) is 0 Å². The van der Waals surface area contributed by atoms with Crippen LogP contribution in [0.15, 0.2) is 12.7 Å². The molecule has 1 unspecified atom stereocenters. The van der Waals surface area contributed by atoms with Gasteiger partial charge in [0.25, 0.3) is 0 Å². The van der Waals surface area contributed by atoms with Gasteiger partial charge in [0.1, 0.15) is 0 Å². The van der Waals surface area contributed by atoms with Crippen LogP contribution < -0.4 is 0 Å². The molecule has 0 radical (unpaired) electrons. The first kappa shape index (κ1) is 7.34. The molecule has 0 heterocycles. The van der Waals surface area contributed by atoms with Gasteiger partial charge in [0, 0.05) is 6.42 Å². The van der Waals surface area contributed by atoms with Crippen LogP contribution in [0.2, 0.25) is 0 Å². The Bertz CT molecular complexity index is 98.7. The molecule has 0 fully saturated rings. The molecule has 0 aliphatic rings. The van der Waals surface area contributed by atoms with Gasteiger partial charge in [-0.25, -0.2) is 4.39 Å². The van der Waals surface area contributed by atoms with Crippen molar-refractivity contribution in [3.63, 3.8) is 0 Å². The number of carbonyl (C=O) groups excluding carboxylic acids is 1. The third-order valence-electron chi connectivity index (χ3n) is 0.815. The maximum atomic E-state index is 12.1. The molecule has 0 aromatic carbocycles. The van der Waals surface area contributed by atoms with Crippen molar-refractivity contribution in [3.05, 3.63) is 12.7 Å². The molecular formula is C6H9FO. The predicted octanol–water partition coefficient (Wildman–Crippen LogP) is 1.49. The molecule has 46 valence electrons. The van der Waals surface area contributed by atoms with Crippen LogP contribution >= 0.6 is 0 Å². The minimum Gasteiger partial charge on any atom is -0.297 e. The van der Waals surface area contributed by atoms with E-state index in [0.29, 0.717) is 0 Å². The van der Waals surface area contributed by atoms with Gasteiger partial charge in [-0.05, 0) is 6.92 Å². The number of hydrogen-bond donors (Lipinski definition) is 0. The number of Topliss-reactive ketones (excluding diaryl/α,β-unsaturated/α-hetero) is 1. The average molecular weight is 116 g/mol. The fraction of sp³-hybridized carbons (Fsp3) is 0.500. The van der Waals surface area contributed by atoms with Crippen molar-refractivity contribution in [3.8, 4) is 0 Å². The van der Waals surface area contributed by atoms with Crippen molar-refractivity contribution in [1.82, 2.24) is 0 Å². The summed E-state index contributed by atoms with van der Waals surface area (Å²) < 4.78 is 12.1. The highest BCUT2D eigenvalue weighted by molar-refractivity contribution is 5.80. The Morgan fingerprint density at radius 2 is 2.50 bits per heavy atom. The van der Waals surface area contributed by atoms with E-state index in [4.69, 9.17) is 0 Å². The van der Waals surface area contributed by atoms with E-state index in [1.54, 1.807) is 0 Å². The van der Waals surface area contributed by atoms with Gasteiger partial charge < -0.3 is 0 Å². The van der Waals surface area contributed by atoms with E-state index < -0.39 is 12.0 Å². The van der Waals surface area contributed by atoms with Crippen molar-refractivity contribution >= 4 is 5.78 Å². The predicted molar refractivity (Wildman–Crippen MR) is 30.4 cm³/mol. The van der Waals surface area contributed by atoms with Crippen molar-refractivity contribution in [1.29, 1.82) is 0 Å². The quantitative estimate of drug-likeness (QED) is 0.510. The maximum absolute atomic E-state index is 12.1. The number of carbonyl (C=O) groups is 1. The number of alkyl halides is 1. The van der Waals surface area contributed by atoms with Crippen molar-refractivity contribution < 1.29 is 9.18 Å². The van der Waals surface area contributed by atoms with Gasteiger partial charge in [0.05, 0.1) is 0 Å². The normalized spacial score (nSPS) is 12.8. The van der Waals surface area contributed by atoms with Gasteiger partial charge in [0.15, 0.2) is 12.0 Å². The zero-order valence-electron chi connectivity index (χ0n) is 4.86. The Morgan fingerprint density at radius 3 is 2.62 bits per heavy atom. The van der Waals surface area contributed by atoms with Crippen molar-refractivity contribution in [2.24, 2.45) is 0 Å². The molecule has 0 bridgehead atoms. The van der Waals surface area contributed by atoms with Crippen molar-refractivity contribution in [2.75, 3.05) is 0 Å². The summed E-state index contributed by atoms with van der Waals surface area (Å²) in [6, 6.07) is 0. The molecule has 0 spiro atoms. The minimum atomic E-state index is -1.34.